The summed E-state index contributed by atoms with van der Waals surface area (Å²) in [6.45, 7) is 0. The van der Waals surface area contributed by atoms with Crippen molar-refractivity contribution in [2.75, 3.05) is 6.26 Å². The quantitative estimate of drug-likeness (QED) is 0.511. The van der Waals surface area contributed by atoms with Gasteiger partial charge in [-0.05, 0) is 11.7 Å². The maximum atomic E-state index is 9.04. The summed E-state index contributed by atoms with van der Waals surface area (Å²) >= 11 is 0. The molecule has 1 heterocycles. The van der Waals surface area contributed by atoms with Gasteiger partial charge >= 0.3 is 0 Å². The van der Waals surface area contributed by atoms with Crippen molar-refractivity contribution < 1.29 is 4.55 Å². The molecule has 0 spiro atoms. The molecule has 1 rings (SSSR count). The molecule has 0 saturated carbocycles. The van der Waals surface area contributed by atoms with Gasteiger partial charge in [0.25, 0.3) is 0 Å². The fourth-order valence-corrected chi connectivity index (χ4v) is 1.06. The Balaban J connectivity index is 2.77. The number of hydrogen-bond donors (Lipinski definition) is 1. The molecule has 0 radical (unpaired) electrons. The van der Waals surface area contributed by atoms with Crippen molar-refractivity contribution in [3.8, 4) is 0 Å². The fraction of sp³-hybridized carbons (Fsp3) is 0.250. The first-order valence-corrected chi connectivity index (χ1v) is 4.04. The molecule has 0 aromatic carbocycles. The van der Waals surface area contributed by atoms with Crippen LogP contribution in [0.15, 0.2) is 16.6 Å². The lowest BCUT2D eigenvalue weighted by molar-refractivity contribution is 0.653. The van der Waals surface area contributed by atoms with E-state index in [4.69, 9.17) is 4.55 Å². The third-order valence-corrected chi connectivity index (χ3v) is 1.92. The maximum Gasteiger partial charge on any atom is 0.0681 e. The molecule has 1 aliphatic heterocycles. The predicted octanol–water partition coefficient (Wildman–Crippen LogP) is 1.41. The molecule has 40 valence electrons. The van der Waals surface area contributed by atoms with Gasteiger partial charge in [-0.3, -0.25) is 4.99 Å². The Labute approximate surface area is 44.1 Å². The lowest BCUT2D eigenvalue weighted by atomic mass is 11.1. The summed E-state index contributed by atoms with van der Waals surface area (Å²) in [7, 11) is -1.52. The average molecular weight is 117 g/mol. The Morgan fingerprint density at radius 2 is 2.43 bits per heavy atom. The van der Waals surface area contributed by atoms with Gasteiger partial charge in [0.1, 0.15) is 0 Å². The van der Waals surface area contributed by atoms with E-state index >= 15 is 0 Å². The lowest BCUT2D eigenvalue weighted by Gasteiger charge is -2.12. The second kappa shape index (κ2) is 1.35. The van der Waals surface area contributed by atoms with Crippen LogP contribution in [0.1, 0.15) is 0 Å². The molecule has 0 bridgehead atoms. The molecular weight excluding hydrogens is 110 g/mol. The minimum absolute atomic E-state index is 1.52. The summed E-state index contributed by atoms with van der Waals surface area (Å²) in [6.07, 6.45) is 3.38. The van der Waals surface area contributed by atoms with E-state index in [0.29, 0.717) is 0 Å². The average Bonchev–Trinajstić information content (AvgIpc) is 1.84. The SMILES string of the molecule is CS1(O)C=CN=C1. The third kappa shape index (κ3) is 1.04. The van der Waals surface area contributed by atoms with Crippen LogP contribution in [0.3, 0.4) is 0 Å². The second-order valence-electron chi connectivity index (χ2n) is 1.54. The van der Waals surface area contributed by atoms with E-state index in [0.717, 1.165) is 0 Å². The summed E-state index contributed by atoms with van der Waals surface area (Å²) in [6, 6.07) is 0. The molecule has 1 N–H and O–H groups in total. The zero-order valence-electron chi connectivity index (χ0n) is 4.03. The van der Waals surface area contributed by atoms with Crippen molar-refractivity contribution in [2.24, 2.45) is 4.99 Å². The van der Waals surface area contributed by atoms with Crippen LogP contribution < -0.4 is 0 Å². The van der Waals surface area contributed by atoms with Crippen molar-refractivity contribution in [3.05, 3.63) is 11.6 Å². The van der Waals surface area contributed by atoms with Crippen molar-refractivity contribution >= 4 is 15.9 Å². The van der Waals surface area contributed by atoms with Crippen molar-refractivity contribution in [1.82, 2.24) is 0 Å². The van der Waals surface area contributed by atoms with E-state index in [1.165, 1.54) is 0 Å². The van der Waals surface area contributed by atoms with E-state index in [1.54, 1.807) is 23.4 Å². The van der Waals surface area contributed by atoms with Crippen LogP contribution >= 0.6 is 10.3 Å². The van der Waals surface area contributed by atoms with Crippen LogP contribution in [0.5, 0.6) is 0 Å². The van der Waals surface area contributed by atoms with Crippen LogP contribution in [0.25, 0.3) is 0 Å². The molecule has 1 aliphatic rings. The minimum Gasteiger partial charge on any atom is -0.343 e. The van der Waals surface area contributed by atoms with Crippen molar-refractivity contribution in [1.29, 1.82) is 0 Å². The molecule has 0 aromatic heterocycles. The van der Waals surface area contributed by atoms with Crippen LogP contribution in [0, 0.1) is 0 Å². The van der Waals surface area contributed by atoms with Crippen molar-refractivity contribution in [3.63, 3.8) is 0 Å². The smallest absolute Gasteiger partial charge is 0.0681 e. The van der Waals surface area contributed by atoms with E-state index in [2.05, 4.69) is 4.99 Å². The highest BCUT2D eigenvalue weighted by Crippen LogP contribution is 2.40. The molecule has 0 fully saturated rings. The molecular formula is C4H7NOS. The van der Waals surface area contributed by atoms with Gasteiger partial charge in [0, 0.05) is 6.20 Å². The van der Waals surface area contributed by atoms with Crippen LogP contribution in [0.2, 0.25) is 0 Å². The van der Waals surface area contributed by atoms with Gasteiger partial charge < -0.3 is 4.55 Å². The van der Waals surface area contributed by atoms with Gasteiger partial charge in [0.15, 0.2) is 0 Å². The first-order valence-electron chi connectivity index (χ1n) is 1.91. The van der Waals surface area contributed by atoms with E-state index < -0.39 is 10.3 Å². The van der Waals surface area contributed by atoms with Gasteiger partial charge in [-0.15, -0.1) is 0 Å². The van der Waals surface area contributed by atoms with Gasteiger partial charge in [0.05, 0.1) is 5.55 Å². The molecule has 0 aliphatic carbocycles. The third-order valence-electron chi connectivity index (χ3n) is 0.697. The highest BCUT2D eigenvalue weighted by Gasteiger charge is 2.07. The van der Waals surface area contributed by atoms with E-state index in [1.807, 2.05) is 0 Å². The summed E-state index contributed by atoms with van der Waals surface area (Å²) in [4.78, 5) is 3.72. The number of nitrogens with zero attached hydrogens (tertiary/aromatic N) is 1. The topological polar surface area (TPSA) is 32.6 Å². The second-order valence-corrected chi connectivity index (χ2v) is 4.03. The first kappa shape index (κ1) is 4.87. The zero-order valence-corrected chi connectivity index (χ0v) is 4.85. The van der Waals surface area contributed by atoms with Crippen molar-refractivity contribution in [2.45, 2.75) is 0 Å². The summed E-state index contributed by atoms with van der Waals surface area (Å²) in [5, 5.41) is 1.72. The highest BCUT2D eigenvalue weighted by atomic mass is 32.3. The van der Waals surface area contributed by atoms with Gasteiger partial charge in [0.2, 0.25) is 0 Å². The predicted molar refractivity (Wildman–Crippen MR) is 33.8 cm³/mol. The monoisotopic (exact) mass is 117 g/mol. The van der Waals surface area contributed by atoms with E-state index in [-0.39, 0.29) is 0 Å². The number of hydrogen-bond acceptors (Lipinski definition) is 2. The molecule has 1 unspecified atom stereocenters. The molecule has 0 saturated heterocycles. The molecule has 0 aromatic rings. The minimum atomic E-state index is -1.52. The van der Waals surface area contributed by atoms with E-state index in [9.17, 15) is 0 Å². The Morgan fingerprint density at radius 3 is 2.57 bits per heavy atom. The maximum absolute atomic E-state index is 9.04. The Hall–Kier alpha value is -0.280. The molecule has 0 amide bonds. The fourth-order valence-electron chi connectivity index (χ4n) is 0.352. The largest absolute Gasteiger partial charge is 0.343 e. The zero-order chi connectivity index (χ0) is 5.33. The number of rotatable bonds is 0. The Morgan fingerprint density at radius 1 is 1.71 bits per heavy atom. The standard InChI is InChI=1S/C4H7NOS/c1-7(6)3-2-5-4-7/h2-4,6H,1H3. The first-order chi connectivity index (χ1) is 3.21. The normalized spacial score (nSPS) is 46.6. The van der Waals surface area contributed by atoms with Gasteiger partial charge in [-0.2, -0.15) is 0 Å². The summed E-state index contributed by atoms with van der Waals surface area (Å²) < 4.78 is 9.04. The van der Waals surface area contributed by atoms with Crippen LogP contribution in [-0.2, 0) is 0 Å². The number of aliphatic imine (C=N–C) groups is 1. The highest BCUT2D eigenvalue weighted by molar-refractivity contribution is 8.41. The molecule has 2 nitrogen and oxygen atoms in total. The Kier molecular flexibility index (Phi) is 0.938. The Bertz CT molecular complexity index is 114. The van der Waals surface area contributed by atoms with Gasteiger partial charge in [-0.25, -0.2) is 0 Å². The summed E-state index contributed by atoms with van der Waals surface area (Å²) in [5.74, 6) is 0. The molecule has 3 heteroatoms. The lowest BCUT2D eigenvalue weighted by Crippen LogP contribution is -1.85. The van der Waals surface area contributed by atoms with Crippen LogP contribution in [0.4, 0.5) is 0 Å². The molecule has 7 heavy (non-hydrogen) atoms. The van der Waals surface area contributed by atoms with Gasteiger partial charge in [-0.1, -0.05) is 10.3 Å². The molecule has 1 atom stereocenters. The van der Waals surface area contributed by atoms with Crippen LogP contribution in [-0.4, -0.2) is 16.4 Å². The summed E-state index contributed by atoms with van der Waals surface area (Å²) in [5.41, 5.74) is 1.58.